The van der Waals surface area contributed by atoms with Crippen LogP contribution in [0.15, 0.2) is 0 Å². The van der Waals surface area contributed by atoms with E-state index >= 15 is 0 Å². The summed E-state index contributed by atoms with van der Waals surface area (Å²) in [5.41, 5.74) is -0.493. The maximum atomic E-state index is 12.2. The fourth-order valence-corrected chi connectivity index (χ4v) is 3.90. The molecule has 3 nitrogen and oxygen atoms in total. The summed E-state index contributed by atoms with van der Waals surface area (Å²) >= 11 is 0. The first kappa shape index (κ1) is 14.2. The van der Waals surface area contributed by atoms with E-state index in [9.17, 15) is 4.79 Å². The molecule has 18 heavy (non-hydrogen) atoms. The van der Waals surface area contributed by atoms with Crippen LogP contribution in [0, 0.1) is 5.92 Å². The van der Waals surface area contributed by atoms with E-state index in [1.807, 2.05) is 13.8 Å². The number of Topliss-reactive ketones (excluding diaryl/α,β-unsaturated/α-hetero) is 1. The number of ketones is 1. The molecule has 2 fully saturated rings. The predicted octanol–water partition coefficient (Wildman–Crippen LogP) is 3.14. The van der Waals surface area contributed by atoms with E-state index in [0.717, 1.165) is 6.42 Å². The van der Waals surface area contributed by atoms with Gasteiger partial charge in [-0.1, -0.05) is 27.7 Å². The largest absolute Gasteiger partial charge is 0.413 e. The van der Waals surface area contributed by atoms with Gasteiger partial charge < -0.3 is 9.16 Å². The van der Waals surface area contributed by atoms with Crippen LogP contribution in [0.5, 0.6) is 0 Å². The molecule has 0 spiro atoms. The molecule has 1 saturated carbocycles. The van der Waals surface area contributed by atoms with Crippen LogP contribution in [0.2, 0.25) is 18.1 Å². The van der Waals surface area contributed by atoms with Crippen LogP contribution in [0.4, 0.5) is 0 Å². The molecule has 0 amide bonds. The topological polar surface area (TPSA) is 38.8 Å². The molecule has 4 atom stereocenters. The van der Waals surface area contributed by atoms with Crippen LogP contribution in [0.1, 0.15) is 41.0 Å². The second-order valence-corrected chi connectivity index (χ2v) is 12.3. The molecule has 0 bridgehead atoms. The Hall–Kier alpha value is -0.193. The Morgan fingerprint density at radius 3 is 2.44 bits per heavy atom. The Bertz CT molecular complexity index is 372. The van der Waals surface area contributed by atoms with Crippen LogP contribution in [0.25, 0.3) is 0 Å². The minimum Gasteiger partial charge on any atom is -0.413 e. The zero-order valence-corrected chi connectivity index (χ0v) is 13.7. The summed E-state index contributed by atoms with van der Waals surface area (Å²) in [6.45, 7) is 15.1. The molecule has 0 aromatic heterocycles. The monoisotopic (exact) mass is 270 g/mol. The van der Waals surface area contributed by atoms with Gasteiger partial charge in [0.2, 0.25) is 0 Å². The lowest BCUT2D eigenvalue weighted by molar-refractivity contribution is -0.131. The summed E-state index contributed by atoms with van der Waals surface area (Å²) in [7, 11) is -1.81. The normalized spacial score (nSPS) is 40.6. The number of hydrogen-bond acceptors (Lipinski definition) is 3. The fraction of sp³-hybridized carbons (Fsp3) is 0.929. The maximum Gasteiger partial charge on any atom is 0.192 e. The van der Waals surface area contributed by atoms with Crippen molar-refractivity contribution in [3.63, 3.8) is 0 Å². The summed E-state index contributed by atoms with van der Waals surface area (Å²) in [5, 5.41) is 0.181. The summed E-state index contributed by atoms with van der Waals surface area (Å²) in [5.74, 6) is 0.185. The molecular formula is C14H26O3Si. The lowest BCUT2D eigenvalue weighted by Crippen LogP contribution is -2.50. The lowest BCUT2D eigenvalue weighted by Gasteiger charge is -2.41. The lowest BCUT2D eigenvalue weighted by atomic mass is 9.80. The van der Waals surface area contributed by atoms with E-state index in [1.165, 1.54) is 0 Å². The number of ether oxygens (including phenoxy) is 1. The van der Waals surface area contributed by atoms with Crippen molar-refractivity contribution in [3.05, 3.63) is 0 Å². The summed E-state index contributed by atoms with van der Waals surface area (Å²) in [6.07, 6.45) is 1.01. The zero-order chi connectivity index (χ0) is 13.9. The van der Waals surface area contributed by atoms with Gasteiger partial charge in [-0.2, -0.15) is 0 Å². The van der Waals surface area contributed by atoms with E-state index in [-0.39, 0.29) is 28.9 Å². The van der Waals surface area contributed by atoms with Crippen molar-refractivity contribution < 1.29 is 14.0 Å². The second kappa shape index (κ2) is 3.90. The van der Waals surface area contributed by atoms with E-state index in [4.69, 9.17) is 9.16 Å². The van der Waals surface area contributed by atoms with Crippen molar-refractivity contribution in [1.82, 2.24) is 0 Å². The number of rotatable bonds is 2. The Balaban J connectivity index is 2.10. The number of carbonyl (C=O) groups excluding carboxylic acids is 1. The van der Waals surface area contributed by atoms with E-state index in [0.29, 0.717) is 0 Å². The van der Waals surface area contributed by atoms with Crippen molar-refractivity contribution in [3.8, 4) is 0 Å². The van der Waals surface area contributed by atoms with Gasteiger partial charge >= 0.3 is 0 Å². The van der Waals surface area contributed by atoms with Crippen molar-refractivity contribution in [1.29, 1.82) is 0 Å². The van der Waals surface area contributed by atoms with Gasteiger partial charge in [0.05, 0.1) is 12.2 Å². The maximum absolute atomic E-state index is 12.2. The molecule has 0 aromatic rings. The third-order valence-electron chi connectivity index (χ3n) is 5.10. The standard InChI is InChI=1S/C14H26O3Si/c1-9-10(17-18(6,7)13(2,3)4)8-11-14(5,16-11)12(9)15/h9-11H,8H2,1-7H3/t9-,10+,11+,14+/m0/s1. The molecule has 0 radical (unpaired) electrons. The van der Waals surface area contributed by atoms with Gasteiger partial charge in [-0.3, -0.25) is 4.79 Å². The fourth-order valence-electron chi connectivity index (χ4n) is 2.49. The molecule has 0 N–H and O–H groups in total. The first-order valence-corrected chi connectivity index (χ1v) is 9.80. The Morgan fingerprint density at radius 1 is 1.39 bits per heavy atom. The minimum atomic E-state index is -1.81. The smallest absolute Gasteiger partial charge is 0.192 e. The predicted molar refractivity (Wildman–Crippen MR) is 74.1 cm³/mol. The molecule has 1 aliphatic carbocycles. The van der Waals surface area contributed by atoms with Gasteiger partial charge in [-0.15, -0.1) is 0 Å². The summed E-state index contributed by atoms with van der Waals surface area (Å²) in [6, 6.07) is 0. The Kier molecular flexibility index (Phi) is 3.08. The summed E-state index contributed by atoms with van der Waals surface area (Å²) < 4.78 is 12.0. The van der Waals surface area contributed by atoms with Gasteiger partial charge in [0.1, 0.15) is 0 Å². The van der Waals surface area contributed by atoms with Crippen molar-refractivity contribution in [2.75, 3.05) is 0 Å². The highest BCUT2D eigenvalue weighted by Gasteiger charge is 2.64. The third kappa shape index (κ3) is 2.08. The molecular weight excluding hydrogens is 244 g/mol. The highest BCUT2D eigenvalue weighted by Crippen LogP contribution is 2.49. The third-order valence-corrected chi connectivity index (χ3v) is 9.61. The van der Waals surface area contributed by atoms with Crippen LogP contribution >= 0.6 is 0 Å². The number of fused-ring (bicyclic) bond motifs is 1. The molecule has 0 unspecified atom stereocenters. The van der Waals surface area contributed by atoms with Crippen molar-refractivity contribution in [2.24, 2.45) is 5.92 Å². The molecule has 1 saturated heterocycles. The van der Waals surface area contributed by atoms with E-state index in [2.05, 4.69) is 33.9 Å². The van der Waals surface area contributed by atoms with Crippen molar-refractivity contribution >= 4 is 14.1 Å². The van der Waals surface area contributed by atoms with Gasteiger partial charge in [-0.25, -0.2) is 0 Å². The van der Waals surface area contributed by atoms with Crippen LogP contribution < -0.4 is 0 Å². The number of epoxide rings is 1. The van der Waals surface area contributed by atoms with Crippen molar-refractivity contribution in [2.45, 2.75) is 77.0 Å². The number of hydrogen-bond donors (Lipinski definition) is 0. The molecule has 104 valence electrons. The van der Waals surface area contributed by atoms with Gasteiger partial charge in [-0.05, 0) is 25.1 Å². The zero-order valence-electron chi connectivity index (χ0n) is 12.7. The van der Waals surface area contributed by atoms with Gasteiger partial charge in [0.25, 0.3) is 0 Å². The average Bonchev–Trinajstić information content (AvgIpc) is 2.85. The molecule has 2 rings (SSSR count). The first-order chi connectivity index (χ1) is 7.99. The molecule has 1 heterocycles. The van der Waals surface area contributed by atoms with Crippen LogP contribution in [-0.4, -0.2) is 31.9 Å². The molecule has 2 aliphatic rings. The molecule has 4 heteroatoms. The van der Waals surface area contributed by atoms with E-state index < -0.39 is 13.9 Å². The van der Waals surface area contributed by atoms with Gasteiger partial charge in [0, 0.05) is 12.3 Å². The average molecular weight is 270 g/mol. The minimum absolute atomic E-state index is 0.0390. The van der Waals surface area contributed by atoms with Crippen LogP contribution in [-0.2, 0) is 14.0 Å². The van der Waals surface area contributed by atoms with E-state index in [1.54, 1.807) is 0 Å². The highest BCUT2D eigenvalue weighted by molar-refractivity contribution is 6.74. The second-order valence-electron chi connectivity index (χ2n) is 7.52. The highest BCUT2D eigenvalue weighted by atomic mass is 28.4. The Morgan fingerprint density at radius 2 is 1.94 bits per heavy atom. The first-order valence-electron chi connectivity index (χ1n) is 6.89. The van der Waals surface area contributed by atoms with Crippen LogP contribution in [0.3, 0.4) is 0 Å². The quantitative estimate of drug-likeness (QED) is 0.571. The molecule has 1 aliphatic heterocycles. The number of carbonyl (C=O) groups is 1. The SMILES string of the molecule is C[C@@H]1C(=O)[C@]2(C)O[C@@H]2C[C@H]1O[Si](C)(C)C(C)(C)C. The molecule has 0 aromatic carbocycles. The summed E-state index contributed by atoms with van der Waals surface area (Å²) in [4.78, 5) is 12.2. The van der Waals surface area contributed by atoms with Gasteiger partial charge in [0.15, 0.2) is 19.7 Å². The Labute approximate surface area is 111 Å².